The molecule has 0 bridgehead atoms. The number of aliphatic hydroxyl groups excluding tert-OH is 1. The van der Waals surface area contributed by atoms with E-state index in [9.17, 15) is 34.2 Å². The molecule has 0 spiro atoms. The Morgan fingerprint density at radius 3 is 2.07 bits per heavy atom. The lowest BCUT2D eigenvalue weighted by Gasteiger charge is -2.67. The maximum absolute atomic E-state index is 14.1. The fourth-order valence-corrected chi connectivity index (χ4v) is 7.83. The van der Waals surface area contributed by atoms with Gasteiger partial charge < -0.3 is 24.4 Å². The molecule has 9 atom stereocenters. The molecule has 0 heterocycles. The Morgan fingerprint density at radius 2 is 1.54 bits per heavy atom. The Balaban J connectivity index is 1.99. The summed E-state index contributed by atoms with van der Waals surface area (Å²) in [5.74, 6) is -5.87. The van der Waals surface area contributed by atoms with E-state index in [1.807, 2.05) is 0 Å². The number of hydrogen-bond acceptors (Lipinski definition) is 10. The van der Waals surface area contributed by atoms with E-state index in [1.54, 1.807) is 39.0 Å². The van der Waals surface area contributed by atoms with Crippen LogP contribution in [0, 0.1) is 28.1 Å². The summed E-state index contributed by atoms with van der Waals surface area (Å²) < 4.78 is 17.5. The second kappa shape index (κ2) is 10.2. The normalized spacial score (nSPS) is 39.5. The van der Waals surface area contributed by atoms with Crippen molar-refractivity contribution in [2.45, 2.75) is 84.4 Å². The molecular weight excluding hydrogens is 532 g/mol. The molecule has 0 aromatic heterocycles. The Bertz CT molecular complexity index is 1290. The molecule has 3 aliphatic carbocycles. The molecule has 10 nitrogen and oxygen atoms in total. The molecule has 0 amide bonds. The van der Waals surface area contributed by atoms with Crippen molar-refractivity contribution in [3.8, 4) is 0 Å². The molecule has 2 N–H and O–H groups in total. The van der Waals surface area contributed by atoms with E-state index < -0.39 is 87.6 Å². The minimum absolute atomic E-state index is 0.166. The first kappa shape index (κ1) is 30.6. The van der Waals surface area contributed by atoms with E-state index in [4.69, 9.17) is 14.2 Å². The summed E-state index contributed by atoms with van der Waals surface area (Å²) in [6.45, 7) is 12.6. The number of benzene rings is 1. The fourth-order valence-electron chi connectivity index (χ4n) is 7.83. The summed E-state index contributed by atoms with van der Waals surface area (Å²) in [6.07, 6.45) is -4.92. The lowest BCUT2D eigenvalue weighted by atomic mass is 9.39. The number of Topliss-reactive ketones (excluding diaryl/α,β-unsaturated/α-hetero) is 2. The molecule has 3 fully saturated rings. The van der Waals surface area contributed by atoms with Crippen LogP contribution in [-0.2, 0) is 33.4 Å². The maximum atomic E-state index is 14.1. The van der Waals surface area contributed by atoms with Crippen molar-refractivity contribution in [2.75, 3.05) is 0 Å². The Kier molecular flexibility index (Phi) is 7.58. The van der Waals surface area contributed by atoms with Crippen LogP contribution in [0.5, 0.6) is 0 Å². The maximum Gasteiger partial charge on any atom is 0.338 e. The fraction of sp³-hybridized carbons (Fsp3) is 0.581. The molecule has 41 heavy (non-hydrogen) atoms. The smallest absolute Gasteiger partial charge is 0.338 e. The summed E-state index contributed by atoms with van der Waals surface area (Å²) >= 11 is 0. The second-order valence-corrected chi connectivity index (χ2v) is 12.6. The number of ketones is 2. The highest BCUT2D eigenvalue weighted by molar-refractivity contribution is 6.06. The van der Waals surface area contributed by atoms with Crippen LogP contribution in [-0.4, -0.2) is 69.7 Å². The molecule has 1 aromatic rings. The first-order valence-electron chi connectivity index (χ1n) is 13.7. The van der Waals surface area contributed by atoms with Crippen molar-refractivity contribution >= 4 is 29.5 Å². The van der Waals surface area contributed by atoms with Crippen LogP contribution in [0.3, 0.4) is 0 Å². The Morgan fingerprint density at radius 1 is 0.951 bits per heavy atom. The van der Waals surface area contributed by atoms with Crippen LogP contribution in [0.15, 0.2) is 43.0 Å². The van der Waals surface area contributed by atoms with Gasteiger partial charge in [-0.05, 0) is 31.4 Å². The second-order valence-electron chi connectivity index (χ2n) is 12.6. The molecule has 0 aliphatic heterocycles. The van der Waals surface area contributed by atoms with E-state index in [-0.39, 0.29) is 18.4 Å². The largest absolute Gasteiger partial charge is 0.458 e. The van der Waals surface area contributed by atoms with Crippen molar-refractivity contribution in [3.05, 3.63) is 48.6 Å². The van der Waals surface area contributed by atoms with Gasteiger partial charge in [0.15, 0.2) is 17.5 Å². The van der Waals surface area contributed by atoms with Crippen molar-refractivity contribution in [1.29, 1.82) is 0 Å². The first-order valence-corrected chi connectivity index (χ1v) is 13.7. The van der Waals surface area contributed by atoms with Gasteiger partial charge in [-0.1, -0.05) is 45.0 Å². The predicted octanol–water partition coefficient (Wildman–Crippen LogP) is 2.58. The van der Waals surface area contributed by atoms with E-state index in [0.29, 0.717) is 0 Å². The summed E-state index contributed by atoms with van der Waals surface area (Å²) in [4.78, 5) is 66.2. The van der Waals surface area contributed by atoms with Crippen molar-refractivity contribution in [2.24, 2.45) is 28.1 Å². The monoisotopic (exact) mass is 570 g/mol. The summed E-state index contributed by atoms with van der Waals surface area (Å²) in [5, 5.41) is 23.5. The third kappa shape index (κ3) is 4.52. The third-order valence-corrected chi connectivity index (χ3v) is 9.66. The van der Waals surface area contributed by atoms with Gasteiger partial charge in [0, 0.05) is 31.1 Å². The Hall–Kier alpha value is -3.37. The zero-order valence-electron chi connectivity index (χ0n) is 24.2. The standard InChI is InChI=1S/C31H38O10/c1-8-29(6)15-19(34)23-30(7)20(14-21(35)31(23,38)27(29)37)28(4,5)24(40-17(3)33)22(39-16(2)32)25(30)41-26(36)18-12-10-9-11-13-18/h8-13,20-25,35,38H,1,14-15H2,2-7H3/t20-,21-,22+,23-,24+,25-,29-,30-,31-/m0/s1. The van der Waals surface area contributed by atoms with Gasteiger partial charge in [0.1, 0.15) is 18.0 Å². The number of carbonyl (C=O) groups excluding carboxylic acids is 5. The number of aliphatic hydroxyl groups is 2. The number of fused-ring (bicyclic) bond motifs is 3. The minimum Gasteiger partial charge on any atom is -0.458 e. The highest BCUT2D eigenvalue weighted by Gasteiger charge is 2.77. The average Bonchev–Trinajstić information content (AvgIpc) is 2.89. The van der Waals surface area contributed by atoms with Gasteiger partial charge in [0.25, 0.3) is 0 Å². The molecule has 4 rings (SSSR count). The molecule has 3 aliphatic rings. The van der Waals surface area contributed by atoms with Crippen molar-refractivity contribution < 1.29 is 48.4 Å². The highest BCUT2D eigenvalue weighted by atomic mass is 16.6. The predicted molar refractivity (Wildman–Crippen MR) is 144 cm³/mol. The van der Waals surface area contributed by atoms with Crippen LogP contribution >= 0.6 is 0 Å². The minimum atomic E-state index is -2.55. The topological polar surface area (TPSA) is 154 Å². The number of esters is 3. The third-order valence-electron chi connectivity index (χ3n) is 9.66. The van der Waals surface area contributed by atoms with E-state index in [0.717, 1.165) is 6.92 Å². The average molecular weight is 571 g/mol. The summed E-state index contributed by atoms with van der Waals surface area (Å²) in [6, 6.07) is 8.01. The van der Waals surface area contributed by atoms with Crippen molar-refractivity contribution in [1.82, 2.24) is 0 Å². The lowest BCUT2D eigenvalue weighted by molar-refractivity contribution is -0.293. The van der Waals surface area contributed by atoms with Gasteiger partial charge in [0.2, 0.25) is 0 Å². The number of allylic oxidation sites excluding steroid dienone is 1. The Labute approximate surface area is 239 Å². The van der Waals surface area contributed by atoms with Gasteiger partial charge in [-0.25, -0.2) is 4.79 Å². The van der Waals surface area contributed by atoms with Gasteiger partial charge in [0.05, 0.1) is 23.0 Å². The number of rotatable bonds is 5. The van der Waals surface area contributed by atoms with E-state index in [1.165, 1.54) is 32.1 Å². The van der Waals surface area contributed by atoms with Gasteiger partial charge in [-0.2, -0.15) is 0 Å². The zero-order valence-corrected chi connectivity index (χ0v) is 24.2. The van der Waals surface area contributed by atoms with Crippen LogP contribution in [0.4, 0.5) is 0 Å². The summed E-state index contributed by atoms with van der Waals surface area (Å²) in [7, 11) is 0. The van der Waals surface area contributed by atoms with Crippen LogP contribution in [0.25, 0.3) is 0 Å². The van der Waals surface area contributed by atoms with E-state index >= 15 is 0 Å². The zero-order chi connectivity index (χ0) is 30.7. The van der Waals surface area contributed by atoms with Gasteiger partial charge >= 0.3 is 17.9 Å². The molecule has 0 unspecified atom stereocenters. The molecule has 1 aromatic carbocycles. The molecular formula is C31H38O10. The number of ether oxygens (including phenoxy) is 3. The summed E-state index contributed by atoms with van der Waals surface area (Å²) in [5.41, 5.74) is -6.48. The quantitative estimate of drug-likeness (QED) is 0.307. The van der Waals surface area contributed by atoms with Crippen LogP contribution in [0.2, 0.25) is 0 Å². The highest BCUT2D eigenvalue weighted by Crippen LogP contribution is 2.66. The van der Waals surface area contributed by atoms with Gasteiger partial charge in [-0.3, -0.25) is 19.2 Å². The number of hydrogen-bond donors (Lipinski definition) is 2. The molecule has 222 valence electrons. The number of carbonyl (C=O) groups is 5. The molecule has 3 saturated carbocycles. The van der Waals surface area contributed by atoms with E-state index in [2.05, 4.69) is 6.58 Å². The van der Waals surface area contributed by atoms with Gasteiger partial charge in [-0.15, -0.1) is 6.58 Å². The molecule has 10 heteroatoms. The lowest BCUT2D eigenvalue weighted by Crippen LogP contribution is -2.79. The van der Waals surface area contributed by atoms with Crippen LogP contribution < -0.4 is 0 Å². The SMILES string of the molecule is C=C[C@@]1(C)CC(=O)[C@@H]2[C@](O)(C1=O)[C@@H](O)C[C@H]1C(C)(C)[C@H](OC(C)=O)[C@@H](OC(C)=O)[C@H](OC(=O)c3ccccc3)[C@]21C. The molecule has 0 radical (unpaired) electrons. The van der Waals surface area contributed by atoms with Crippen molar-refractivity contribution in [3.63, 3.8) is 0 Å². The molecule has 0 saturated heterocycles. The first-order chi connectivity index (χ1) is 19.0. The van der Waals surface area contributed by atoms with Crippen LogP contribution in [0.1, 0.15) is 64.7 Å².